The van der Waals surface area contributed by atoms with Gasteiger partial charge < -0.3 is 15.8 Å². The van der Waals surface area contributed by atoms with Crippen molar-refractivity contribution in [2.45, 2.75) is 6.54 Å². The maximum atomic E-state index is 13.3. The van der Waals surface area contributed by atoms with Crippen molar-refractivity contribution in [1.29, 1.82) is 0 Å². The van der Waals surface area contributed by atoms with Crippen LogP contribution in [0.2, 0.25) is 0 Å². The third-order valence-electron chi connectivity index (χ3n) is 2.81. The van der Waals surface area contributed by atoms with Gasteiger partial charge in [0.25, 0.3) is 0 Å². The number of aromatic amines is 1. The van der Waals surface area contributed by atoms with Crippen molar-refractivity contribution >= 4 is 33.3 Å². The lowest BCUT2D eigenvalue weighted by atomic mass is 10.3. The molecule has 0 aliphatic rings. The summed E-state index contributed by atoms with van der Waals surface area (Å²) in [7, 11) is 0. The van der Waals surface area contributed by atoms with Gasteiger partial charge >= 0.3 is 0 Å². The molecule has 4 N–H and O–H groups in total. The third kappa shape index (κ3) is 3.45. The summed E-state index contributed by atoms with van der Waals surface area (Å²) >= 11 is 3.07. The molecule has 24 heavy (non-hydrogen) atoms. The van der Waals surface area contributed by atoms with Crippen LogP contribution < -0.4 is 10.6 Å². The quantitative estimate of drug-likeness (QED) is 0.216. The number of H-pyrrole nitrogens is 1. The number of amidine groups is 1. The van der Waals surface area contributed by atoms with E-state index in [1.54, 1.807) is 0 Å². The highest BCUT2D eigenvalue weighted by atomic mass is 79.9. The van der Waals surface area contributed by atoms with E-state index in [-0.39, 0.29) is 28.4 Å². The Labute approximate surface area is 141 Å². The lowest BCUT2D eigenvalue weighted by Crippen LogP contribution is -2.17. The number of oxime groups is 1. The van der Waals surface area contributed by atoms with E-state index in [4.69, 9.17) is 0 Å². The summed E-state index contributed by atoms with van der Waals surface area (Å²) in [6, 6.07) is 4.19. The molecule has 0 unspecified atom stereocenters. The second-order valence-electron chi connectivity index (χ2n) is 4.37. The van der Waals surface area contributed by atoms with Crippen LogP contribution in [0.3, 0.4) is 0 Å². The van der Waals surface area contributed by atoms with Gasteiger partial charge in [0, 0.05) is 5.69 Å². The number of tetrazole rings is 1. The van der Waals surface area contributed by atoms with Gasteiger partial charge in [-0.25, -0.2) is 14.1 Å². The number of halogens is 2. The summed E-state index contributed by atoms with van der Waals surface area (Å²) in [4.78, 5) is 0. The smallest absolute Gasteiger partial charge is 0.203 e. The van der Waals surface area contributed by atoms with E-state index in [1.807, 2.05) is 0 Å². The minimum absolute atomic E-state index is 0.0482. The van der Waals surface area contributed by atoms with Gasteiger partial charge in [0.1, 0.15) is 5.82 Å². The fourth-order valence-corrected chi connectivity index (χ4v) is 2.10. The van der Waals surface area contributed by atoms with E-state index >= 15 is 0 Å². The normalized spacial score (nSPS) is 11.5. The van der Waals surface area contributed by atoms with Crippen LogP contribution in [0.1, 0.15) is 11.5 Å². The van der Waals surface area contributed by atoms with E-state index in [1.165, 1.54) is 18.2 Å². The van der Waals surface area contributed by atoms with Crippen LogP contribution in [0, 0.1) is 5.82 Å². The van der Waals surface area contributed by atoms with Crippen LogP contribution in [0.5, 0.6) is 0 Å². The molecule has 1 aromatic carbocycles. The average Bonchev–Trinajstić information content (AvgIpc) is 3.25. The summed E-state index contributed by atoms with van der Waals surface area (Å²) in [6.07, 6.45) is 0. The van der Waals surface area contributed by atoms with Crippen LogP contribution in [0.4, 0.5) is 15.9 Å². The van der Waals surface area contributed by atoms with Crippen molar-refractivity contribution in [3.05, 3.63) is 40.0 Å². The zero-order valence-corrected chi connectivity index (χ0v) is 13.3. The van der Waals surface area contributed by atoms with Gasteiger partial charge in [0.2, 0.25) is 11.7 Å². The van der Waals surface area contributed by atoms with E-state index < -0.39 is 5.82 Å². The van der Waals surface area contributed by atoms with Crippen LogP contribution in [0.15, 0.2) is 32.5 Å². The molecule has 0 spiro atoms. The minimum atomic E-state index is -0.422. The first-order valence-corrected chi connectivity index (χ1v) is 7.20. The molecule has 13 heteroatoms. The second kappa shape index (κ2) is 6.99. The van der Waals surface area contributed by atoms with Crippen molar-refractivity contribution in [2.75, 3.05) is 10.6 Å². The molecule has 0 fully saturated rings. The van der Waals surface area contributed by atoms with Gasteiger partial charge in [0.15, 0.2) is 11.5 Å². The van der Waals surface area contributed by atoms with Crippen LogP contribution in [0.25, 0.3) is 0 Å². The largest absolute Gasteiger partial charge is 0.409 e. The summed E-state index contributed by atoms with van der Waals surface area (Å²) < 4.78 is 18.2. The van der Waals surface area contributed by atoms with Crippen molar-refractivity contribution in [2.24, 2.45) is 5.16 Å². The van der Waals surface area contributed by atoms with Crippen LogP contribution in [-0.4, -0.2) is 42.0 Å². The highest BCUT2D eigenvalue weighted by Gasteiger charge is 2.18. The molecular weight excluding hydrogens is 389 g/mol. The molecule has 3 rings (SSSR count). The minimum Gasteiger partial charge on any atom is -0.409 e. The Morgan fingerprint density at radius 2 is 2.29 bits per heavy atom. The number of nitrogens with one attached hydrogen (secondary N) is 3. The predicted molar refractivity (Wildman–Crippen MR) is 81.8 cm³/mol. The first kappa shape index (κ1) is 15.8. The molecule has 0 radical (unpaired) electrons. The molecule has 11 nitrogen and oxygen atoms in total. The SMILES string of the molecule is O/N=C(/Nc1ccc(F)c(Br)c1)c1nonc1NCc1nnn[nH]1. The molecular formula is C11H9BrFN9O2. The molecule has 3 aromatic rings. The van der Waals surface area contributed by atoms with E-state index in [9.17, 15) is 9.60 Å². The fourth-order valence-electron chi connectivity index (χ4n) is 1.72. The Bertz CT molecular complexity index is 851. The Morgan fingerprint density at radius 3 is 3.00 bits per heavy atom. The van der Waals surface area contributed by atoms with Crippen LogP contribution >= 0.6 is 15.9 Å². The molecule has 124 valence electrons. The molecule has 0 saturated carbocycles. The van der Waals surface area contributed by atoms with Gasteiger partial charge in [-0.15, -0.1) is 5.10 Å². The summed E-state index contributed by atoms with van der Waals surface area (Å²) in [6.45, 7) is 0.217. The van der Waals surface area contributed by atoms with E-state index in [0.717, 1.165) is 0 Å². The van der Waals surface area contributed by atoms with Gasteiger partial charge in [-0.1, -0.05) is 5.16 Å². The average molecular weight is 398 g/mol. The molecule has 0 atom stereocenters. The summed E-state index contributed by atoms with van der Waals surface area (Å²) in [5.74, 6) is 0.192. The number of hydrogen-bond donors (Lipinski definition) is 4. The number of rotatable bonds is 5. The second-order valence-corrected chi connectivity index (χ2v) is 5.22. The summed E-state index contributed by atoms with van der Waals surface area (Å²) in [5, 5.41) is 38.5. The maximum Gasteiger partial charge on any atom is 0.203 e. The van der Waals surface area contributed by atoms with E-state index in [2.05, 4.69) is 67.3 Å². The Kier molecular flexibility index (Phi) is 4.60. The third-order valence-corrected chi connectivity index (χ3v) is 3.42. The highest BCUT2D eigenvalue weighted by molar-refractivity contribution is 9.10. The standard InChI is InChI=1S/C11H9BrFN9O2/c12-6-3-5(1-2-7(6)13)15-11(18-23)9-10(20-24-19-9)14-4-8-16-21-22-17-8/h1-3,23H,4H2,(H,14,20)(H,15,18)(H,16,17,21,22). The zero-order valence-electron chi connectivity index (χ0n) is 11.7. The Morgan fingerprint density at radius 1 is 1.42 bits per heavy atom. The fraction of sp³-hybridized carbons (Fsp3) is 0.0909. The van der Waals surface area contributed by atoms with Crippen molar-refractivity contribution in [3.63, 3.8) is 0 Å². The predicted octanol–water partition coefficient (Wildman–Crippen LogP) is 1.34. The number of benzene rings is 1. The van der Waals surface area contributed by atoms with Crippen LogP contribution in [-0.2, 0) is 6.54 Å². The highest BCUT2D eigenvalue weighted by Crippen LogP contribution is 2.21. The van der Waals surface area contributed by atoms with Gasteiger partial charge in [-0.2, -0.15) is 0 Å². The molecule has 0 aliphatic heterocycles. The molecule has 2 heterocycles. The van der Waals surface area contributed by atoms with Gasteiger partial charge in [0.05, 0.1) is 11.0 Å². The molecule has 0 bridgehead atoms. The molecule has 0 aliphatic carbocycles. The lowest BCUT2D eigenvalue weighted by Gasteiger charge is -2.08. The zero-order chi connectivity index (χ0) is 16.9. The van der Waals surface area contributed by atoms with Crippen molar-refractivity contribution < 1.29 is 14.2 Å². The first-order valence-electron chi connectivity index (χ1n) is 6.41. The number of anilines is 2. The van der Waals surface area contributed by atoms with Crippen molar-refractivity contribution in [3.8, 4) is 0 Å². The van der Waals surface area contributed by atoms with Gasteiger partial charge in [-0.05, 0) is 54.9 Å². The lowest BCUT2D eigenvalue weighted by molar-refractivity contribution is 0.305. The molecule has 0 saturated heterocycles. The number of aromatic nitrogens is 6. The Balaban J connectivity index is 1.76. The number of hydrogen-bond acceptors (Lipinski definition) is 9. The van der Waals surface area contributed by atoms with Gasteiger partial charge in [-0.3, -0.25) is 0 Å². The monoisotopic (exact) mass is 397 g/mol. The maximum absolute atomic E-state index is 13.3. The topological polar surface area (TPSA) is 150 Å². The molecule has 2 aromatic heterocycles. The van der Waals surface area contributed by atoms with E-state index in [0.29, 0.717) is 11.5 Å². The first-order chi connectivity index (χ1) is 11.7. The number of nitrogens with zero attached hydrogens (tertiary/aromatic N) is 6. The molecule has 0 amide bonds. The van der Waals surface area contributed by atoms with Crippen molar-refractivity contribution in [1.82, 2.24) is 30.9 Å². The summed E-state index contributed by atoms with van der Waals surface area (Å²) in [5.41, 5.74) is 0.579. The Hall–Kier alpha value is -3.09.